The predicted octanol–water partition coefficient (Wildman–Crippen LogP) is 5.97. The summed E-state index contributed by atoms with van der Waals surface area (Å²) in [5.41, 5.74) is 1.53. The molecule has 0 bridgehead atoms. The van der Waals surface area contributed by atoms with Crippen molar-refractivity contribution in [2.45, 2.75) is 31.9 Å². The van der Waals surface area contributed by atoms with Gasteiger partial charge in [0.15, 0.2) is 12.2 Å². The minimum atomic E-state index is -1.19. The Balaban J connectivity index is 1.82. The molecule has 1 aliphatic heterocycles. The average molecular weight is 597 g/mol. The van der Waals surface area contributed by atoms with Crippen molar-refractivity contribution in [1.29, 1.82) is 0 Å². The zero-order chi connectivity index (χ0) is 29.8. The normalized spacial score (nSPS) is 16.8. The Morgan fingerprint density at radius 2 is 1.80 bits per heavy atom. The number of ether oxygens (including phenoxy) is 3. The van der Waals surface area contributed by atoms with Gasteiger partial charge in [-0.05, 0) is 56.7 Å². The van der Waals surface area contributed by atoms with Crippen molar-refractivity contribution in [2.75, 3.05) is 20.8 Å². The minimum Gasteiger partial charge on any atom is -0.482 e. The molecule has 9 nitrogen and oxygen atoms in total. The molecule has 4 rings (SSSR count). The number of dihydropyridines is 1. The van der Waals surface area contributed by atoms with Crippen LogP contribution in [0.5, 0.6) is 5.88 Å². The molecule has 1 aromatic carbocycles. The van der Waals surface area contributed by atoms with Crippen molar-refractivity contribution in [3.05, 3.63) is 99.1 Å². The second-order valence-corrected chi connectivity index (χ2v) is 10.9. The van der Waals surface area contributed by atoms with E-state index >= 15 is 0 Å². The molecule has 1 aliphatic rings. The number of methoxy groups -OCH3 is 2. The number of alkyl carbamates (subject to hydrolysis) is 1. The third-order valence-electron chi connectivity index (χ3n) is 6.28. The van der Waals surface area contributed by atoms with Crippen LogP contribution >= 0.6 is 23.2 Å². The molecule has 41 heavy (non-hydrogen) atoms. The van der Waals surface area contributed by atoms with E-state index in [9.17, 15) is 9.59 Å². The van der Waals surface area contributed by atoms with Crippen LogP contribution in [-0.4, -0.2) is 48.7 Å². The van der Waals surface area contributed by atoms with E-state index < -0.39 is 17.2 Å². The van der Waals surface area contributed by atoms with Crippen molar-refractivity contribution in [3.8, 4) is 17.1 Å². The maximum Gasteiger partial charge on any atom is 0.407 e. The van der Waals surface area contributed by atoms with E-state index in [2.05, 4.69) is 20.6 Å². The first kappa shape index (κ1) is 29.9. The number of carbonyl (C=O) groups excluding carboxylic acids is 2. The highest BCUT2D eigenvalue weighted by Crippen LogP contribution is 2.47. The lowest BCUT2D eigenvalue weighted by Crippen LogP contribution is -2.47. The van der Waals surface area contributed by atoms with Gasteiger partial charge in [-0.15, -0.1) is 0 Å². The number of aromatic nitrogens is 2. The molecule has 1 amide bonds. The minimum absolute atomic E-state index is 0.0916. The second-order valence-electron chi connectivity index (χ2n) is 10.1. The van der Waals surface area contributed by atoms with Crippen LogP contribution in [0.3, 0.4) is 0 Å². The van der Waals surface area contributed by atoms with Gasteiger partial charge in [0, 0.05) is 29.1 Å². The summed E-state index contributed by atoms with van der Waals surface area (Å²) in [5.74, 6) is 0.558. The van der Waals surface area contributed by atoms with Gasteiger partial charge in [0.25, 0.3) is 0 Å². The number of halogens is 2. The standard InChI is InChI=1S/C30H30Cl2N4O5/c1-29(2,3)41-28(38)34-16-19-15-24(31)30(36-27(19)40-5,20-11-13-33-14-12-20)22-8-6-7-21(25(22)32)23-10-9-18(17-37)26(35-23)39-4/h6-15,17,36H,16H2,1-5H3,(H,34,38). The number of pyridine rings is 2. The van der Waals surface area contributed by atoms with Gasteiger partial charge in [-0.25, -0.2) is 9.78 Å². The first-order valence-corrected chi connectivity index (χ1v) is 13.4. The van der Waals surface area contributed by atoms with Gasteiger partial charge in [0.2, 0.25) is 5.88 Å². The van der Waals surface area contributed by atoms with E-state index in [1.54, 1.807) is 51.4 Å². The Kier molecular flexibility index (Phi) is 8.89. The van der Waals surface area contributed by atoms with Gasteiger partial charge < -0.3 is 24.8 Å². The number of hydrogen-bond donors (Lipinski definition) is 2. The molecule has 0 saturated heterocycles. The molecule has 0 spiro atoms. The van der Waals surface area contributed by atoms with Crippen LogP contribution in [0.2, 0.25) is 5.02 Å². The molecular formula is C30H30Cl2N4O5. The number of nitrogens with zero attached hydrogens (tertiary/aromatic N) is 2. The van der Waals surface area contributed by atoms with Gasteiger partial charge in [-0.3, -0.25) is 9.78 Å². The molecule has 1 unspecified atom stereocenters. The summed E-state index contributed by atoms with van der Waals surface area (Å²) < 4.78 is 16.4. The van der Waals surface area contributed by atoms with Crippen LogP contribution in [0.1, 0.15) is 42.3 Å². The third-order valence-corrected chi connectivity index (χ3v) is 7.08. The number of benzene rings is 1. The smallest absolute Gasteiger partial charge is 0.407 e. The zero-order valence-corrected chi connectivity index (χ0v) is 24.8. The molecule has 0 radical (unpaired) electrons. The monoisotopic (exact) mass is 596 g/mol. The molecule has 3 heterocycles. The first-order chi connectivity index (χ1) is 19.5. The lowest BCUT2D eigenvalue weighted by molar-refractivity contribution is 0.0532. The maximum absolute atomic E-state index is 12.3. The highest BCUT2D eigenvalue weighted by Gasteiger charge is 2.43. The van der Waals surface area contributed by atoms with Gasteiger partial charge in [0.1, 0.15) is 11.1 Å². The fourth-order valence-electron chi connectivity index (χ4n) is 4.47. The van der Waals surface area contributed by atoms with Gasteiger partial charge >= 0.3 is 6.09 Å². The molecule has 0 saturated carbocycles. The summed E-state index contributed by atoms with van der Waals surface area (Å²) >= 11 is 14.2. The van der Waals surface area contributed by atoms with Gasteiger partial charge in [-0.1, -0.05) is 41.4 Å². The maximum atomic E-state index is 12.3. The van der Waals surface area contributed by atoms with Gasteiger partial charge in [0.05, 0.1) is 42.1 Å². The van der Waals surface area contributed by atoms with Crippen molar-refractivity contribution in [3.63, 3.8) is 0 Å². The zero-order valence-electron chi connectivity index (χ0n) is 23.2. The van der Waals surface area contributed by atoms with Gasteiger partial charge in [-0.2, -0.15) is 0 Å². The van der Waals surface area contributed by atoms with E-state index in [0.29, 0.717) is 50.2 Å². The fourth-order valence-corrected chi connectivity index (χ4v) is 5.22. The molecular weight excluding hydrogens is 567 g/mol. The molecule has 0 fully saturated rings. The summed E-state index contributed by atoms with van der Waals surface area (Å²) in [4.78, 5) is 32.4. The molecule has 2 N–H and O–H groups in total. The van der Waals surface area contributed by atoms with E-state index in [0.717, 1.165) is 5.56 Å². The Morgan fingerprint density at radius 1 is 1.07 bits per heavy atom. The van der Waals surface area contributed by atoms with Crippen LogP contribution in [-0.2, 0) is 15.0 Å². The van der Waals surface area contributed by atoms with E-state index in [1.165, 1.54) is 14.2 Å². The summed E-state index contributed by atoms with van der Waals surface area (Å²) in [7, 11) is 2.96. The van der Waals surface area contributed by atoms with Crippen molar-refractivity contribution in [1.82, 2.24) is 20.6 Å². The molecule has 1 atom stereocenters. The van der Waals surface area contributed by atoms with Crippen molar-refractivity contribution < 1.29 is 23.8 Å². The van der Waals surface area contributed by atoms with Crippen molar-refractivity contribution in [2.24, 2.45) is 0 Å². The summed E-state index contributed by atoms with van der Waals surface area (Å²) in [5, 5.41) is 6.91. The van der Waals surface area contributed by atoms with E-state index in [-0.39, 0.29) is 12.4 Å². The Bertz CT molecular complexity index is 1520. The average Bonchev–Trinajstić information content (AvgIpc) is 2.95. The molecule has 0 aliphatic carbocycles. The van der Waals surface area contributed by atoms with Crippen LogP contribution in [0, 0.1) is 0 Å². The lowest BCUT2D eigenvalue weighted by Gasteiger charge is -2.40. The fraction of sp³-hybridized carbons (Fsp3) is 0.267. The number of amides is 1. The molecule has 2 aromatic heterocycles. The number of carbonyl (C=O) groups is 2. The van der Waals surface area contributed by atoms with Crippen LogP contribution in [0.15, 0.2) is 77.4 Å². The lowest BCUT2D eigenvalue weighted by atomic mass is 9.79. The summed E-state index contributed by atoms with van der Waals surface area (Å²) in [6.07, 6.45) is 5.14. The number of aldehydes is 1. The highest BCUT2D eigenvalue weighted by atomic mass is 35.5. The molecule has 3 aromatic rings. The van der Waals surface area contributed by atoms with Crippen LogP contribution in [0.25, 0.3) is 11.3 Å². The number of rotatable bonds is 8. The van der Waals surface area contributed by atoms with E-state index in [1.807, 2.05) is 30.3 Å². The Morgan fingerprint density at radius 3 is 2.44 bits per heavy atom. The summed E-state index contributed by atoms with van der Waals surface area (Å²) in [6.45, 7) is 5.45. The largest absolute Gasteiger partial charge is 0.482 e. The number of nitrogens with one attached hydrogen (secondary N) is 2. The van der Waals surface area contributed by atoms with E-state index in [4.69, 9.17) is 37.4 Å². The first-order valence-electron chi connectivity index (χ1n) is 12.6. The highest BCUT2D eigenvalue weighted by molar-refractivity contribution is 6.35. The molecule has 11 heteroatoms. The molecule has 214 valence electrons. The number of hydrogen-bond acceptors (Lipinski definition) is 8. The topological polar surface area (TPSA) is 112 Å². The Labute approximate surface area is 248 Å². The third kappa shape index (κ3) is 6.16. The van der Waals surface area contributed by atoms with Crippen LogP contribution < -0.4 is 15.4 Å². The summed E-state index contributed by atoms with van der Waals surface area (Å²) in [6, 6.07) is 12.5. The Hall–Kier alpha value is -4.08. The second kappa shape index (κ2) is 12.2. The van der Waals surface area contributed by atoms with Crippen LogP contribution in [0.4, 0.5) is 4.79 Å². The van der Waals surface area contributed by atoms with Crippen molar-refractivity contribution >= 4 is 35.6 Å². The predicted molar refractivity (Wildman–Crippen MR) is 157 cm³/mol. The quantitative estimate of drug-likeness (QED) is 0.306. The SMILES string of the molecule is COC1=C(CNC(=O)OC(C)(C)C)C=C(Cl)C(c2ccncc2)(c2cccc(-c3ccc(C=O)c(OC)n3)c2Cl)N1.